The van der Waals surface area contributed by atoms with Gasteiger partial charge in [0.05, 0.1) is 0 Å². The monoisotopic (exact) mass is 305 g/mol. The molecule has 0 N–H and O–H groups in total. The quantitative estimate of drug-likeness (QED) is 0.848. The van der Waals surface area contributed by atoms with Crippen LogP contribution in [0.1, 0.15) is 38.0 Å². The number of aromatic nitrogens is 2. The van der Waals surface area contributed by atoms with E-state index in [0.717, 1.165) is 24.9 Å². The summed E-state index contributed by atoms with van der Waals surface area (Å²) in [6.07, 6.45) is 1.21. The van der Waals surface area contributed by atoms with Crippen LogP contribution in [0.4, 0.5) is 14.5 Å². The molecular weight excluding hydrogens is 284 g/mol. The third kappa shape index (κ3) is 2.60. The maximum Gasteiger partial charge on any atom is 0.282 e. The van der Waals surface area contributed by atoms with Crippen molar-refractivity contribution in [2.45, 2.75) is 39.2 Å². The molecule has 22 heavy (non-hydrogen) atoms. The summed E-state index contributed by atoms with van der Waals surface area (Å²) in [5.74, 6) is 0. The molecule has 1 aromatic heterocycles. The van der Waals surface area contributed by atoms with Crippen molar-refractivity contribution in [3.63, 3.8) is 0 Å². The van der Waals surface area contributed by atoms with E-state index < -0.39 is 6.43 Å². The summed E-state index contributed by atoms with van der Waals surface area (Å²) >= 11 is 0. The zero-order chi connectivity index (χ0) is 15.9. The second-order valence-electron chi connectivity index (χ2n) is 6.14. The molecule has 0 saturated heterocycles. The maximum absolute atomic E-state index is 13.1. The van der Waals surface area contributed by atoms with Gasteiger partial charge >= 0.3 is 0 Å². The van der Waals surface area contributed by atoms with Gasteiger partial charge in [-0.25, -0.2) is 8.78 Å². The maximum atomic E-state index is 13.1. The minimum atomic E-state index is -2.56. The largest absolute Gasteiger partial charge is 0.369 e. The lowest BCUT2D eigenvalue weighted by Crippen LogP contribution is -2.35. The number of fused-ring (bicyclic) bond motifs is 1. The predicted molar refractivity (Wildman–Crippen MR) is 84.4 cm³/mol. The van der Waals surface area contributed by atoms with Crippen LogP contribution in [0, 0.1) is 0 Å². The van der Waals surface area contributed by atoms with Crippen molar-refractivity contribution in [3.05, 3.63) is 35.7 Å². The highest BCUT2D eigenvalue weighted by molar-refractivity contribution is 5.71. The standard InChI is InChI=1S/C17H21F2N3/c1-11(2)22-8-4-5-13-9-12(6-7-15(13)22)14-10-21(3)20-16(14)17(18)19/h6-7,9-11,17H,4-5,8H2,1-3H3. The van der Waals surface area contributed by atoms with Crippen molar-refractivity contribution in [3.8, 4) is 11.1 Å². The Labute approximate surface area is 129 Å². The van der Waals surface area contributed by atoms with E-state index in [4.69, 9.17) is 0 Å². The number of halogens is 2. The van der Waals surface area contributed by atoms with E-state index in [9.17, 15) is 8.78 Å². The molecule has 2 heterocycles. The van der Waals surface area contributed by atoms with Crippen molar-refractivity contribution >= 4 is 5.69 Å². The van der Waals surface area contributed by atoms with Gasteiger partial charge in [-0.05, 0) is 49.9 Å². The molecule has 0 atom stereocenters. The van der Waals surface area contributed by atoms with Gasteiger partial charge in [-0.2, -0.15) is 5.10 Å². The average molecular weight is 305 g/mol. The van der Waals surface area contributed by atoms with Gasteiger partial charge in [-0.1, -0.05) is 6.07 Å². The Bertz CT molecular complexity index is 677. The van der Waals surface area contributed by atoms with Gasteiger partial charge in [0.15, 0.2) is 0 Å². The van der Waals surface area contributed by atoms with E-state index in [1.807, 2.05) is 12.1 Å². The Kier molecular flexibility index (Phi) is 3.89. The number of rotatable bonds is 3. The Morgan fingerprint density at radius 3 is 2.68 bits per heavy atom. The molecule has 0 saturated carbocycles. The Hall–Kier alpha value is -1.91. The molecule has 3 nitrogen and oxygen atoms in total. The van der Waals surface area contributed by atoms with Gasteiger partial charge in [0.25, 0.3) is 6.43 Å². The van der Waals surface area contributed by atoms with Gasteiger partial charge in [-0.3, -0.25) is 4.68 Å². The topological polar surface area (TPSA) is 21.1 Å². The predicted octanol–water partition coefficient (Wildman–Crippen LogP) is 4.19. The number of hydrogen-bond donors (Lipinski definition) is 0. The fourth-order valence-corrected chi connectivity index (χ4v) is 3.22. The lowest BCUT2D eigenvalue weighted by molar-refractivity contribution is 0.146. The average Bonchev–Trinajstić information content (AvgIpc) is 2.88. The molecule has 3 rings (SSSR count). The van der Waals surface area contributed by atoms with Gasteiger partial charge < -0.3 is 4.90 Å². The van der Waals surface area contributed by atoms with Crippen LogP contribution >= 0.6 is 0 Å². The second kappa shape index (κ2) is 5.71. The van der Waals surface area contributed by atoms with E-state index in [-0.39, 0.29) is 5.69 Å². The smallest absolute Gasteiger partial charge is 0.282 e. The second-order valence-corrected chi connectivity index (χ2v) is 6.14. The summed E-state index contributed by atoms with van der Waals surface area (Å²) < 4.78 is 27.8. The molecule has 1 aliphatic rings. The summed E-state index contributed by atoms with van der Waals surface area (Å²) in [4.78, 5) is 2.37. The Morgan fingerprint density at radius 1 is 1.23 bits per heavy atom. The van der Waals surface area contributed by atoms with Crippen LogP contribution in [0.3, 0.4) is 0 Å². The molecule has 2 aromatic rings. The molecule has 0 aliphatic carbocycles. The minimum absolute atomic E-state index is 0.140. The van der Waals surface area contributed by atoms with Gasteiger partial charge in [0.1, 0.15) is 5.69 Å². The number of anilines is 1. The van der Waals surface area contributed by atoms with Crippen molar-refractivity contribution in [2.24, 2.45) is 7.05 Å². The molecule has 0 amide bonds. The highest BCUT2D eigenvalue weighted by Gasteiger charge is 2.22. The molecule has 0 unspecified atom stereocenters. The van der Waals surface area contributed by atoms with Crippen LogP contribution in [0.5, 0.6) is 0 Å². The van der Waals surface area contributed by atoms with Crippen LogP contribution in [-0.2, 0) is 13.5 Å². The molecule has 118 valence electrons. The lowest BCUT2D eigenvalue weighted by atomic mass is 9.95. The normalized spacial score (nSPS) is 14.8. The minimum Gasteiger partial charge on any atom is -0.369 e. The summed E-state index contributed by atoms with van der Waals surface area (Å²) in [5, 5.41) is 3.90. The molecule has 1 aromatic carbocycles. The molecule has 5 heteroatoms. The van der Waals surface area contributed by atoms with Crippen molar-refractivity contribution in [1.82, 2.24) is 9.78 Å². The molecule has 0 fully saturated rings. The third-order valence-electron chi connectivity index (χ3n) is 4.23. The molecule has 1 aliphatic heterocycles. The van der Waals surface area contributed by atoms with E-state index in [1.54, 1.807) is 13.2 Å². The van der Waals surface area contributed by atoms with E-state index in [0.29, 0.717) is 11.6 Å². The fraction of sp³-hybridized carbons (Fsp3) is 0.471. The van der Waals surface area contributed by atoms with Gasteiger partial charge in [0, 0.05) is 37.1 Å². The van der Waals surface area contributed by atoms with Crippen LogP contribution < -0.4 is 4.90 Å². The first kappa shape index (κ1) is 15.0. The molecule has 0 spiro atoms. The molecular formula is C17H21F2N3. The van der Waals surface area contributed by atoms with E-state index in [1.165, 1.54) is 15.9 Å². The highest BCUT2D eigenvalue weighted by Crippen LogP contribution is 2.35. The summed E-state index contributed by atoms with van der Waals surface area (Å²) in [6, 6.07) is 6.49. The highest BCUT2D eigenvalue weighted by atomic mass is 19.3. The summed E-state index contributed by atoms with van der Waals surface area (Å²) in [5.41, 5.74) is 3.68. The first-order chi connectivity index (χ1) is 10.5. The number of benzene rings is 1. The number of alkyl halides is 2. The van der Waals surface area contributed by atoms with Crippen LogP contribution in [-0.4, -0.2) is 22.4 Å². The number of aryl methyl sites for hydroxylation is 2. The lowest BCUT2D eigenvalue weighted by Gasteiger charge is -2.35. The Balaban J connectivity index is 2.04. The van der Waals surface area contributed by atoms with Gasteiger partial charge in [-0.15, -0.1) is 0 Å². The SMILES string of the molecule is CC(C)N1CCCc2cc(-c3cn(C)nc3C(F)F)ccc21. The zero-order valence-electron chi connectivity index (χ0n) is 13.2. The molecule has 0 bridgehead atoms. The van der Waals surface area contributed by atoms with Crippen molar-refractivity contribution in [1.29, 1.82) is 0 Å². The third-order valence-corrected chi connectivity index (χ3v) is 4.23. The van der Waals surface area contributed by atoms with Crippen LogP contribution in [0.25, 0.3) is 11.1 Å². The number of hydrogen-bond acceptors (Lipinski definition) is 2. The van der Waals surface area contributed by atoms with Crippen molar-refractivity contribution in [2.75, 3.05) is 11.4 Å². The first-order valence-corrected chi connectivity index (χ1v) is 7.69. The first-order valence-electron chi connectivity index (χ1n) is 7.69. The van der Waals surface area contributed by atoms with E-state index in [2.05, 4.69) is 29.9 Å². The number of nitrogens with zero attached hydrogens (tertiary/aromatic N) is 3. The summed E-state index contributed by atoms with van der Waals surface area (Å²) in [7, 11) is 1.67. The Morgan fingerprint density at radius 2 is 2.00 bits per heavy atom. The van der Waals surface area contributed by atoms with Crippen LogP contribution in [0.2, 0.25) is 0 Å². The van der Waals surface area contributed by atoms with Crippen LogP contribution in [0.15, 0.2) is 24.4 Å². The van der Waals surface area contributed by atoms with Gasteiger partial charge in [0.2, 0.25) is 0 Å². The van der Waals surface area contributed by atoms with Crippen molar-refractivity contribution < 1.29 is 8.78 Å². The van der Waals surface area contributed by atoms with E-state index >= 15 is 0 Å². The summed E-state index contributed by atoms with van der Waals surface area (Å²) in [6.45, 7) is 5.41. The zero-order valence-corrected chi connectivity index (χ0v) is 13.2. The fourth-order valence-electron chi connectivity index (χ4n) is 3.22. The molecule has 0 radical (unpaired) electrons.